The van der Waals surface area contributed by atoms with Crippen LogP contribution in [0.3, 0.4) is 0 Å². The number of carbonyl (C=O) groups is 1. The number of morpholine rings is 1. The summed E-state index contributed by atoms with van der Waals surface area (Å²) in [6, 6.07) is 1.88. The molecule has 0 bridgehead atoms. The molecule has 0 aromatic carbocycles. The molecular formula is C14H21N3O3. The van der Waals surface area contributed by atoms with Crippen LogP contribution in [0.2, 0.25) is 0 Å². The Morgan fingerprint density at radius 1 is 1.65 bits per heavy atom. The molecule has 6 nitrogen and oxygen atoms in total. The molecule has 110 valence electrons. The van der Waals surface area contributed by atoms with Gasteiger partial charge in [-0.25, -0.2) is 0 Å². The van der Waals surface area contributed by atoms with Crippen LogP contribution in [-0.4, -0.2) is 59.8 Å². The molecule has 1 fully saturated rings. The van der Waals surface area contributed by atoms with E-state index in [4.69, 9.17) is 9.84 Å². The van der Waals surface area contributed by atoms with E-state index in [0.29, 0.717) is 25.3 Å². The first-order valence-corrected chi connectivity index (χ1v) is 6.88. The molecule has 1 aliphatic heterocycles. The minimum Gasteiger partial charge on any atom is -0.394 e. The highest BCUT2D eigenvalue weighted by molar-refractivity contribution is 5.99. The molecule has 20 heavy (non-hydrogen) atoms. The lowest BCUT2D eigenvalue weighted by Crippen LogP contribution is -2.47. The maximum atomic E-state index is 12.6. The standard InChI is InChI=1S/C14H21N3O3/c1-3-15-13-6-10(2)16-7-12(13)14(19)17-4-5-20-11(8-17)9-18/h6-7,11,18H,3-5,8-9H2,1-2H3,(H,15,16). The van der Waals surface area contributed by atoms with E-state index in [-0.39, 0.29) is 18.6 Å². The maximum Gasteiger partial charge on any atom is 0.257 e. The van der Waals surface area contributed by atoms with Gasteiger partial charge in [0.1, 0.15) is 0 Å². The van der Waals surface area contributed by atoms with Gasteiger partial charge in [-0.05, 0) is 19.9 Å². The zero-order valence-electron chi connectivity index (χ0n) is 11.9. The Morgan fingerprint density at radius 2 is 2.45 bits per heavy atom. The van der Waals surface area contributed by atoms with Gasteiger partial charge in [-0.2, -0.15) is 0 Å². The van der Waals surface area contributed by atoms with Crippen molar-refractivity contribution < 1.29 is 14.6 Å². The van der Waals surface area contributed by atoms with Gasteiger partial charge in [0, 0.05) is 31.5 Å². The Balaban J connectivity index is 2.19. The minimum atomic E-state index is -0.298. The lowest BCUT2D eigenvalue weighted by atomic mass is 10.1. The number of aliphatic hydroxyl groups excluding tert-OH is 1. The van der Waals surface area contributed by atoms with Gasteiger partial charge in [-0.1, -0.05) is 0 Å². The monoisotopic (exact) mass is 279 g/mol. The molecule has 2 heterocycles. The Kier molecular flexibility index (Phi) is 4.92. The van der Waals surface area contributed by atoms with Crippen molar-refractivity contribution in [3.05, 3.63) is 23.5 Å². The average Bonchev–Trinajstić information content (AvgIpc) is 2.47. The highest BCUT2D eigenvalue weighted by atomic mass is 16.5. The van der Waals surface area contributed by atoms with E-state index < -0.39 is 0 Å². The predicted octanol–water partition coefficient (Wildman–Crippen LogP) is 0.655. The van der Waals surface area contributed by atoms with Gasteiger partial charge < -0.3 is 20.1 Å². The smallest absolute Gasteiger partial charge is 0.257 e. The second kappa shape index (κ2) is 6.67. The zero-order chi connectivity index (χ0) is 14.5. The van der Waals surface area contributed by atoms with Crippen LogP contribution in [0.1, 0.15) is 23.0 Å². The Labute approximate surface area is 118 Å². The number of hydrogen-bond donors (Lipinski definition) is 2. The van der Waals surface area contributed by atoms with Gasteiger partial charge in [-0.3, -0.25) is 9.78 Å². The third-order valence-corrected chi connectivity index (χ3v) is 3.27. The van der Waals surface area contributed by atoms with E-state index in [9.17, 15) is 4.79 Å². The largest absolute Gasteiger partial charge is 0.394 e. The molecule has 1 unspecified atom stereocenters. The van der Waals surface area contributed by atoms with E-state index in [0.717, 1.165) is 17.9 Å². The van der Waals surface area contributed by atoms with Crippen molar-refractivity contribution in [3.8, 4) is 0 Å². The summed E-state index contributed by atoms with van der Waals surface area (Å²) in [5.41, 5.74) is 2.24. The third kappa shape index (κ3) is 3.26. The van der Waals surface area contributed by atoms with E-state index >= 15 is 0 Å². The fourth-order valence-corrected chi connectivity index (χ4v) is 2.25. The number of nitrogens with zero attached hydrogens (tertiary/aromatic N) is 2. The van der Waals surface area contributed by atoms with Crippen molar-refractivity contribution in [1.82, 2.24) is 9.88 Å². The van der Waals surface area contributed by atoms with E-state index in [1.54, 1.807) is 11.1 Å². The molecule has 0 aliphatic carbocycles. The van der Waals surface area contributed by atoms with E-state index in [2.05, 4.69) is 10.3 Å². The van der Waals surface area contributed by atoms with Crippen molar-refractivity contribution in [2.75, 3.05) is 38.2 Å². The number of nitrogens with one attached hydrogen (secondary N) is 1. The van der Waals surface area contributed by atoms with Crippen molar-refractivity contribution in [1.29, 1.82) is 0 Å². The third-order valence-electron chi connectivity index (χ3n) is 3.27. The van der Waals surface area contributed by atoms with Gasteiger partial charge in [0.25, 0.3) is 5.91 Å². The van der Waals surface area contributed by atoms with Gasteiger partial charge in [0.15, 0.2) is 0 Å². The molecule has 1 aromatic heterocycles. The number of aromatic nitrogens is 1. The van der Waals surface area contributed by atoms with Gasteiger partial charge in [0.05, 0.1) is 30.6 Å². The van der Waals surface area contributed by atoms with Crippen LogP contribution in [0, 0.1) is 6.92 Å². The van der Waals surface area contributed by atoms with E-state index in [1.165, 1.54) is 0 Å². The summed E-state index contributed by atoms with van der Waals surface area (Å²) >= 11 is 0. The highest BCUT2D eigenvalue weighted by Crippen LogP contribution is 2.19. The van der Waals surface area contributed by atoms with Gasteiger partial charge in [-0.15, -0.1) is 0 Å². The van der Waals surface area contributed by atoms with Crippen LogP contribution in [0.4, 0.5) is 5.69 Å². The fraction of sp³-hybridized carbons (Fsp3) is 0.571. The molecule has 1 saturated heterocycles. The quantitative estimate of drug-likeness (QED) is 0.846. The summed E-state index contributed by atoms with van der Waals surface area (Å²) in [5.74, 6) is -0.0739. The number of aliphatic hydroxyl groups is 1. The zero-order valence-corrected chi connectivity index (χ0v) is 11.9. The van der Waals surface area contributed by atoms with Crippen molar-refractivity contribution in [3.63, 3.8) is 0 Å². The Morgan fingerprint density at radius 3 is 3.15 bits per heavy atom. The summed E-state index contributed by atoms with van der Waals surface area (Å²) in [7, 11) is 0. The minimum absolute atomic E-state index is 0.0734. The molecule has 1 aliphatic rings. The average molecular weight is 279 g/mol. The molecular weight excluding hydrogens is 258 g/mol. The van der Waals surface area contributed by atoms with Crippen LogP contribution < -0.4 is 5.32 Å². The van der Waals surface area contributed by atoms with Crippen molar-refractivity contribution >= 4 is 11.6 Å². The molecule has 6 heteroatoms. The maximum absolute atomic E-state index is 12.6. The van der Waals surface area contributed by atoms with Crippen LogP contribution in [0.5, 0.6) is 0 Å². The van der Waals surface area contributed by atoms with Gasteiger partial charge in [0.2, 0.25) is 0 Å². The highest BCUT2D eigenvalue weighted by Gasteiger charge is 2.26. The normalized spacial score (nSPS) is 18.9. The SMILES string of the molecule is CCNc1cc(C)ncc1C(=O)N1CCOC(CO)C1. The summed E-state index contributed by atoms with van der Waals surface area (Å²) in [6.45, 7) is 5.95. The second-order valence-electron chi connectivity index (χ2n) is 4.83. The summed E-state index contributed by atoms with van der Waals surface area (Å²) < 4.78 is 5.37. The summed E-state index contributed by atoms with van der Waals surface area (Å²) in [4.78, 5) is 18.5. The molecule has 0 radical (unpaired) electrons. The first-order chi connectivity index (χ1) is 9.65. The topological polar surface area (TPSA) is 74.7 Å². The van der Waals surface area contributed by atoms with Crippen LogP contribution in [-0.2, 0) is 4.74 Å². The van der Waals surface area contributed by atoms with Crippen molar-refractivity contribution in [2.45, 2.75) is 20.0 Å². The molecule has 2 rings (SSSR count). The molecule has 0 spiro atoms. The number of hydrogen-bond acceptors (Lipinski definition) is 5. The van der Waals surface area contributed by atoms with Gasteiger partial charge >= 0.3 is 0 Å². The number of ether oxygens (including phenoxy) is 1. The molecule has 0 saturated carbocycles. The van der Waals surface area contributed by atoms with Crippen molar-refractivity contribution in [2.24, 2.45) is 0 Å². The first kappa shape index (κ1) is 14.7. The first-order valence-electron chi connectivity index (χ1n) is 6.88. The van der Waals surface area contributed by atoms with Crippen LogP contribution >= 0.6 is 0 Å². The molecule has 2 N–H and O–H groups in total. The second-order valence-corrected chi connectivity index (χ2v) is 4.83. The predicted molar refractivity (Wildman–Crippen MR) is 75.9 cm³/mol. The number of amides is 1. The molecule has 1 amide bonds. The molecule has 1 aromatic rings. The summed E-state index contributed by atoms with van der Waals surface area (Å²) in [5, 5.41) is 12.3. The lowest BCUT2D eigenvalue weighted by molar-refractivity contribution is -0.0447. The Bertz CT molecular complexity index is 479. The fourth-order valence-electron chi connectivity index (χ4n) is 2.25. The number of aryl methyl sites for hydroxylation is 1. The number of carbonyl (C=O) groups excluding carboxylic acids is 1. The lowest BCUT2D eigenvalue weighted by Gasteiger charge is -2.32. The van der Waals surface area contributed by atoms with E-state index in [1.807, 2.05) is 19.9 Å². The van der Waals surface area contributed by atoms with Crippen LogP contribution in [0.25, 0.3) is 0 Å². The Hall–Kier alpha value is -1.66. The van der Waals surface area contributed by atoms with Crippen LogP contribution in [0.15, 0.2) is 12.3 Å². The molecule has 1 atom stereocenters. The number of pyridine rings is 1. The summed E-state index contributed by atoms with van der Waals surface area (Å²) in [6.07, 6.45) is 1.31. The number of rotatable bonds is 4. The number of anilines is 1.